The molecule has 0 aliphatic rings. The first-order valence-corrected chi connectivity index (χ1v) is 7.33. The second kappa shape index (κ2) is 7.28. The van der Waals surface area contributed by atoms with Crippen LogP contribution in [0.5, 0.6) is 0 Å². The van der Waals surface area contributed by atoms with Gasteiger partial charge in [0.15, 0.2) is 0 Å². The number of aromatic nitrogens is 4. The molecule has 1 amide bonds. The van der Waals surface area contributed by atoms with E-state index in [4.69, 9.17) is 4.42 Å². The van der Waals surface area contributed by atoms with E-state index in [0.29, 0.717) is 11.6 Å². The highest BCUT2D eigenvalue weighted by atomic mass is 16.4. The maximum atomic E-state index is 11.8. The Hall–Kier alpha value is -3.35. The van der Waals surface area contributed by atoms with Crippen LogP contribution in [0.3, 0.4) is 0 Å². The first kappa shape index (κ1) is 15.5. The quantitative estimate of drug-likeness (QED) is 0.724. The lowest BCUT2D eigenvalue weighted by Crippen LogP contribution is -2.20. The number of carbonyl (C=O) groups is 1. The van der Waals surface area contributed by atoms with Gasteiger partial charge in [-0.15, -0.1) is 10.2 Å². The van der Waals surface area contributed by atoms with Crippen molar-refractivity contribution in [1.29, 1.82) is 0 Å². The zero-order valence-corrected chi connectivity index (χ0v) is 13.0. The van der Waals surface area contributed by atoms with Crippen LogP contribution in [-0.4, -0.2) is 26.1 Å². The van der Waals surface area contributed by atoms with Crippen molar-refractivity contribution in [1.82, 2.24) is 25.5 Å². The Labute approximate surface area is 138 Å². The zero-order chi connectivity index (χ0) is 16.8. The monoisotopic (exact) mass is 321 g/mol. The van der Waals surface area contributed by atoms with Crippen LogP contribution in [0.15, 0.2) is 53.2 Å². The normalized spacial score (nSPS) is 10.9. The third-order valence-corrected chi connectivity index (χ3v) is 3.11. The van der Waals surface area contributed by atoms with Crippen LogP contribution in [0.25, 0.3) is 17.7 Å². The third kappa shape index (κ3) is 4.10. The standard InChI is InChI=1S/C17H15N5O2/c1-12-9-19-14(10-18-12)17-22-21-16(24-17)11-20-15(23)8-7-13-5-3-2-4-6-13/h2-10H,11H2,1H3,(H,20,23). The van der Waals surface area contributed by atoms with Gasteiger partial charge in [0, 0.05) is 12.3 Å². The van der Waals surface area contributed by atoms with Crippen LogP contribution in [0.2, 0.25) is 0 Å². The summed E-state index contributed by atoms with van der Waals surface area (Å²) in [6.07, 6.45) is 6.37. The van der Waals surface area contributed by atoms with Crippen molar-refractivity contribution in [3.05, 3.63) is 65.9 Å². The topological polar surface area (TPSA) is 93.8 Å². The van der Waals surface area contributed by atoms with Crippen molar-refractivity contribution in [3.63, 3.8) is 0 Å². The Bertz CT molecular complexity index is 841. The Kier molecular flexibility index (Phi) is 4.71. The van der Waals surface area contributed by atoms with Crippen molar-refractivity contribution in [2.24, 2.45) is 0 Å². The number of carbonyl (C=O) groups excluding carboxylic acids is 1. The highest BCUT2D eigenvalue weighted by Crippen LogP contribution is 2.13. The Morgan fingerprint density at radius 2 is 2.00 bits per heavy atom. The molecule has 0 spiro atoms. The molecule has 0 aliphatic heterocycles. The molecule has 0 fully saturated rings. The zero-order valence-electron chi connectivity index (χ0n) is 13.0. The second-order valence-corrected chi connectivity index (χ2v) is 5.01. The number of nitrogens with zero attached hydrogens (tertiary/aromatic N) is 4. The number of hydrogen-bond acceptors (Lipinski definition) is 6. The van der Waals surface area contributed by atoms with E-state index in [1.807, 2.05) is 37.3 Å². The van der Waals surface area contributed by atoms with Crippen LogP contribution in [0, 0.1) is 6.92 Å². The van der Waals surface area contributed by atoms with E-state index in [1.165, 1.54) is 6.08 Å². The van der Waals surface area contributed by atoms with Gasteiger partial charge in [-0.2, -0.15) is 0 Å². The van der Waals surface area contributed by atoms with Gasteiger partial charge >= 0.3 is 0 Å². The summed E-state index contributed by atoms with van der Waals surface area (Å²) in [6.45, 7) is 1.98. The van der Waals surface area contributed by atoms with Crippen LogP contribution < -0.4 is 5.32 Å². The van der Waals surface area contributed by atoms with Crippen LogP contribution >= 0.6 is 0 Å². The van der Waals surface area contributed by atoms with Crippen LogP contribution in [0.1, 0.15) is 17.1 Å². The summed E-state index contributed by atoms with van der Waals surface area (Å²) in [5.74, 6) is 0.328. The fourth-order valence-corrected chi connectivity index (χ4v) is 1.89. The average Bonchev–Trinajstić information content (AvgIpc) is 3.09. The summed E-state index contributed by atoms with van der Waals surface area (Å²) in [5, 5.41) is 10.5. The van der Waals surface area contributed by atoms with E-state index in [2.05, 4.69) is 25.5 Å². The molecule has 7 nitrogen and oxygen atoms in total. The molecule has 3 aromatic rings. The summed E-state index contributed by atoms with van der Waals surface area (Å²) in [7, 11) is 0. The summed E-state index contributed by atoms with van der Waals surface area (Å²) in [5.41, 5.74) is 2.25. The van der Waals surface area contributed by atoms with Gasteiger partial charge in [-0.25, -0.2) is 4.98 Å². The molecule has 24 heavy (non-hydrogen) atoms. The molecule has 0 saturated heterocycles. The number of amides is 1. The van der Waals surface area contributed by atoms with Crippen molar-refractivity contribution in [3.8, 4) is 11.6 Å². The lowest BCUT2D eigenvalue weighted by atomic mass is 10.2. The van der Waals surface area contributed by atoms with Crippen LogP contribution in [-0.2, 0) is 11.3 Å². The third-order valence-electron chi connectivity index (χ3n) is 3.11. The van der Waals surface area contributed by atoms with Crippen molar-refractivity contribution >= 4 is 12.0 Å². The van der Waals surface area contributed by atoms with Gasteiger partial charge in [0.2, 0.25) is 11.8 Å². The van der Waals surface area contributed by atoms with Crippen molar-refractivity contribution in [2.75, 3.05) is 0 Å². The highest BCUT2D eigenvalue weighted by Gasteiger charge is 2.10. The van der Waals surface area contributed by atoms with Gasteiger partial charge in [-0.05, 0) is 18.6 Å². The summed E-state index contributed by atoms with van der Waals surface area (Å²) < 4.78 is 5.46. The summed E-state index contributed by atoms with van der Waals surface area (Å²) in [4.78, 5) is 20.1. The van der Waals surface area contributed by atoms with Gasteiger partial charge < -0.3 is 9.73 Å². The van der Waals surface area contributed by atoms with E-state index >= 15 is 0 Å². The lowest BCUT2D eigenvalue weighted by molar-refractivity contribution is -0.116. The number of rotatable bonds is 5. The first-order chi connectivity index (χ1) is 11.7. The Morgan fingerprint density at radius 1 is 1.17 bits per heavy atom. The maximum absolute atomic E-state index is 11.8. The maximum Gasteiger partial charge on any atom is 0.267 e. The molecule has 0 atom stereocenters. The predicted octanol–water partition coefficient (Wildman–Crippen LogP) is 2.16. The smallest absolute Gasteiger partial charge is 0.267 e. The molecular formula is C17H15N5O2. The lowest BCUT2D eigenvalue weighted by Gasteiger charge is -1.97. The molecule has 0 saturated carbocycles. The van der Waals surface area contributed by atoms with E-state index in [9.17, 15) is 4.79 Å². The molecule has 2 heterocycles. The minimum atomic E-state index is -0.242. The van der Waals surface area contributed by atoms with Gasteiger partial charge in [0.25, 0.3) is 5.89 Å². The molecule has 0 radical (unpaired) electrons. The number of hydrogen-bond donors (Lipinski definition) is 1. The Balaban J connectivity index is 1.56. The van der Waals surface area contributed by atoms with Crippen LogP contribution in [0.4, 0.5) is 0 Å². The minimum absolute atomic E-state index is 0.143. The van der Waals surface area contributed by atoms with Crippen molar-refractivity contribution in [2.45, 2.75) is 13.5 Å². The molecule has 1 aromatic carbocycles. The number of benzene rings is 1. The van der Waals surface area contributed by atoms with E-state index < -0.39 is 0 Å². The molecule has 1 N–H and O–H groups in total. The molecule has 7 heteroatoms. The fourth-order valence-electron chi connectivity index (χ4n) is 1.89. The Morgan fingerprint density at radius 3 is 2.75 bits per heavy atom. The molecule has 0 unspecified atom stereocenters. The van der Waals surface area contributed by atoms with E-state index in [1.54, 1.807) is 18.5 Å². The molecule has 0 aliphatic carbocycles. The number of aryl methyl sites for hydroxylation is 1. The van der Waals surface area contributed by atoms with Gasteiger partial charge in [0.05, 0.1) is 18.4 Å². The predicted molar refractivity (Wildman–Crippen MR) is 87.4 cm³/mol. The molecule has 2 aromatic heterocycles. The highest BCUT2D eigenvalue weighted by molar-refractivity contribution is 5.91. The second-order valence-electron chi connectivity index (χ2n) is 5.01. The fraction of sp³-hybridized carbons (Fsp3) is 0.118. The summed E-state index contributed by atoms with van der Waals surface area (Å²) in [6, 6.07) is 9.56. The van der Waals surface area contributed by atoms with E-state index in [0.717, 1.165) is 11.3 Å². The van der Waals surface area contributed by atoms with Gasteiger partial charge in [-0.1, -0.05) is 30.3 Å². The minimum Gasteiger partial charge on any atom is -0.417 e. The van der Waals surface area contributed by atoms with Gasteiger partial charge in [0.1, 0.15) is 5.69 Å². The molecule has 0 bridgehead atoms. The average molecular weight is 321 g/mol. The number of nitrogens with one attached hydrogen (secondary N) is 1. The summed E-state index contributed by atoms with van der Waals surface area (Å²) >= 11 is 0. The molecule has 120 valence electrons. The largest absolute Gasteiger partial charge is 0.417 e. The SMILES string of the molecule is Cc1cnc(-c2nnc(CNC(=O)C=Cc3ccccc3)o2)cn1. The van der Waals surface area contributed by atoms with Crippen molar-refractivity contribution < 1.29 is 9.21 Å². The molecule has 3 rings (SSSR count). The van der Waals surface area contributed by atoms with Gasteiger partial charge in [-0.3, -0.25) is 9.78 Å². The first-order valence-electron chi connectivity index (χ1n) is 7.33. The van der Waals surface area contributed by atoms with E-state index in [-0.39, 0.29) is 18.3 Å². The molecular weight excluding hydrogens is 306 g/mol.